The highest BCUT2D eigenvalue weighted by Gasteiger charge is 2.20. The van der Waals surface area contributed by atoms with Crippen molar-refractivity contribution in [3.05, 3.63) is 0 Å². The first-order valence-corrected chi connectivity index (χ1v) is 5.59. The first-order valence-electron chi connectivity index (χ1n) is 4.09. The van der Waals surface area contributed by atoms with Gasteiger partial charge < -0.3 is 0 Å². The van der Waals surface area contributed by atoms with Crippen molar-refractivity contribution in [2.24, 2.45) is 0 Å². The van der Waals surface area contributed by atoms with Crippen molar-refractivity contribution in [3.8, 4) is 0 Å². The van der Waals surface area contributed by atoms with Crippen molar-refractivity contribution < 1.29 is 17.4 Å². The zero-order chi connectivity index (χ0) is 9.61. The molecule has 0 radical (unpaired) electrons. The summed E-state index contributed by atoms with van der Waals surface area (Å²) >= 11 is 0. The van der Waals surface area contributed by atoms with Crippen LogP contribution in [0.15, 0.2) is 0 Å². The Morgan fingerprint density at radius 2 is 1.92 bits per heavy atom. The molecular weight excluding hydrogens is 183 g/mol. The summed E-state index contributed by atoms with van der Waals surface area (Å²) in [5.41, 5.74) is -2.10. The van der Waals surface area contributed by atoms with Crippen molar-refractivity contribution in [2.45, 2.75) is 44.5 Å². The maximum absolute atomic E-state index is 12.5. The number of hydrogen-bond acceptors (Lipinski definition) is 2. The Morgan fingerprint density at radius 3 is 2.33 bits per heavy atom. The van der Waals surface area contributed by atoms with E-state index in [-0.39, 0.29) is 6.42 Å². The van der Waals surface area contributed by atoms with Crippen LogP contribution in [0, 0.1) is 0 Å². The lowest BCUT2D eigenvalue weighted by Gasteiger charge is -2.03. The Kier molecular flexibility index (Phi) is 5.41. The molecule has 0 aliphatic rings. The van der Waals surface area contributed by atoms with Gasteiger partial charge in [-0.1, -0.05) is 26.2 Å². The number of hydrogen-bond donors (Lipinski definition) is 1. The number of alkyl halides is 1. The predicted octanol–water partition coefficient (Wildman–Crippen LogP) is 2.14. The Balaban J connectivity index is 3.52. The van der Waals surface area contributed by atoms with Gasteiger partial charge in [-0.2, -0.15) is 8.42 Å². The van der Waals surface area contributed by atoms with Crippen LogP contribution >= 0.6 is 0 Å². The lowest BCUT2D eigenvalue weighted by molar-refractivity contribution is 0.350. The van der Waals surface area contributed by atoms with Gasteiger partial charge in [0.05, 0.1) is 0 Å². The van der Waals surface area contributed by atoms with Gasteiger partial charge >= 0.3 is 0 Å². The lowest BCUT2D eigenvalue weighted by Crippen LogP contribution is -2.14. The van der Waals surface area contributed by atoms with Crippen LogP contribution in [0.2, 0.25) is 0 Å². The fraction of sp³-hybridized carbons (Fsp3) is 1.00. The molecule has 0 saturated heterocycles. The molecule has 0 aromatic carbocycles. The van der Waals surface area contributed by atoms with Gasteiger partial charge in [0.2, 0.25) is 5.50 Å². The van der Waals surface area contributed by atoms with E-state index < -0.39 is 15.6 Å². The summed E-state index contributed by atoms with van der Waals surface area (Å²) in [6, 6.07) is 0. The highest BCUT2D eigenvalue weighted by Crippen LogP contribution is 2.11. The molecule has 0 aromatic heterocycles. The molecule has 0 heterocycles. The molecule has 0 fully saturated rings. The number of halogens is 1. The summed E-state index contributed by atoms with van der Waals surface area (Å²) in [6.45, 7) is 2.01. The summed E-state index contributed by atoms with van der Waals surface area (Å²) in [6.07, 6.45) is 3.21. The molecule has 0 saturated carbocycles. The van der Waals surface area contributed by atoms with Gasteiger partial charge in [-0.25, -0.2) is 4.39 Å². The van der Waals surface area contributed by atoms with Crippen molar-refractivity contribution in [2.75, 3.05) is 0 Å². The smallest absolute Gasteiger partial charge is 0.283 e. The second-order valence-corrected chi connectivity index (χ2v) is 4.32. The Morgan fingerprint density at radius 1 is 1.33 bits per heavy atom. The highest BCUT2D eigenvalue weighted by atomic mass is 32.2. The summed E-state index contributed by atoms with van der Waals surface area (Å²) < 4.78 is 41.1. The lowest BCUT2D eigenvalue weighted by atomic mass is 10.2. The summed E-state index contributed by atoms with van der Waals surface area (Å²) in [5.74, 6) is 0. The van der Waals surface area contributed by atoms with Crippen molar-refractivity contribution in [1.82, 2.24) is 0 Å². The third kappa shape index (κ3) is 5.49. The highest BCUT2D eigenvalue weighted by molar-refractivity contribution is 7.86. The molecular formula is C7H15FO3S. The van der Waals surface area contributed by atoms with Crippen molar-refractivity contribution >= 4 is 10.1 Å². The molecule has 3 nitrogen and oxygen atoms in total. The summed E-state index contributed by atoms with van der Waals surface area (Å²) in [5, 5.41) is 0. The third-order valence-electron chi connectivity index (χ3n) is 1.61. The second-order valence-electron chi connectivity index (χ2n) is 2.77. The van der Waals surface area contributed by atoms with Crippen LogP contribution in [-0.4, -0.2) is 18.5 Å². The van der Waals surface area contributed by atoms with E-state index in [1.54, 1.807) is 0 Å². The van der Waals surface area contributed by atoms with Crippen LogP contribution in [0.5, 0.6) is 0 Å². The molecule has 0 aliphatic heterocycles. The van der Waals surface area contributed by atoms with Crippen LogP contribution in [0.1, 0.15) is 39.0 Å². The standard InChI is InChI=1S/C7H15FO3S/c1-2-3-4-5-6-7(8)12(9,10)11/h7H,2-6H2,1H3,(H,9,10,11). The van der Waals surface area contributed by atoms with Gasteiger partial charge in [-0.3, -0.25) is 4.55 Å². The summed E-state index contributed by atoms with van der Waals surface area (Å²) in [4.78, 5) is 0. The fourth-order valence-corrected chi connectivity index (χ4v) is 1.35. The normalized spacial score (nSPS) is 14.6. The van der Waals surface area contributed by atoms with Crippen molar-refractivity contribution in [1.29, 1.82) is 0 Å². The molecule has 0 amide bonds. The number of unbranched alkanes of at least 4 members (excludes halogenated alkanes) is 3. The zero-order valence-corrected chi connectivity index (χ0v) is 7.98. The average Bonchev–Trinajstić information content (AvgIpc) is 1.96. The van der Waals surface area contributed by atoms with E-state index >= 15 is 0 Å². The van der Waals surface area contributed by atoms with Gasteiger partial charge in [0, 0.05) is 0 Å². The van der Waals surface area contributed by atoms with E-state index in [0.29, 0.717) is 6.42 Å². The molecule has 1 N–H and O–H groups in total. The maximum atomic E-state index is 12.5. The van der Waals surface area contributed by atoms with Crippen LogP contribution in [-0.2, 0) is 10.1 Å². The van der Waals surface area contributed by atoms with Gasteiger partial charge in [0.25, 0.3) is 10.1 Å². The quantitative estimate of drug-likeness (QED) is 0.525. The summed E-state index contributed by atoms with van der Waals surface area (Å²) in [7, 11) is -4.46. The molecule has 0 bridgehead atoms. The molecule has 1 atom stereocenters. The topological polar surface area (TPSA) is 54.4 Å². The minimum Gasteiger partial charge on any atom is -0.283 e. The van der Waals surface area contributed by atoms with E-state index in [1.807, 2.05) is 6.92 Å². The monoisotopic (exact) mass is 198 g/mol. The minimum atomic E-state index is -4.46. The van der Waals surface area contributed by atoms with Crippen molar-refractivity contribution in [3.63, 3.8) is 0 Å². The van der Waals surface area contributed by atoms with Crippen LogP contribution in [0.4, 0.5) is 4.39 Å². The van der Waals surface area contributed by atoms with Crippen LogP contribution in [0.25, 0.3) is 0 Å². The Bertz CT molecular complexity index is 201. The molecule has 5 heteroatoms. The fourth-order valence-electron chi connectivity index (χ4n) is 0.881. The third-order valence-corrected chi connectivity index (χ3v) is 2.49. The van der Waals surface area contributed by atoms with Gasteiger partial charge in [-0.15, -0.1) is 0 Å². The first kappa shape index (κ1) is 11.8. The Hall–Kier alpha value is -0.160. The molecule has 1 unspecified atom stereocenters. The van der Waals surface area contributed by atoms with Gasteiger partial charge in [0.1, 0.15) is 0 Å². The average molecular weight is 198 g/mol. The van der Waals surface area contributed by atoms with Crippen LogP contribution in [0.3, 0.4) is 0 Å². The van der Waals surface area contributed by atoms with Gasteiger partial charge in [-0.05, 0) is 12.8 Å². The Labute approximate surface area is 72.7 Å². The van der Waals surface area contributed by atoms with E-state index in [1.165, 1.54) is 0 Å². The predicted molar refractivity (Wildman–Crippen MR) is 45.2 cm³/mol. The molecule has 12 heavy (non-hydrogen) atoms. The first-order chi connectivity index (χ1) is 5.48. The molecule has 0 aromatic rings. The van der Waals surface area contributed by atoms with E-state index in [4.69, 9.17) is 4.55 Å². The number of rotatable bonds is 6. The molecule has 0 aliphatic carbocycles. The largest absolute Gasteiger partial charge is 0.297 e. The second kappa shape index (κ2) is 5.48. The minimum absolute atomic E-state index is 0.0984. The molecule has 74 valence electrons. The van der Waals surface area contributed by atoms with Gasteiger partial charge in [0.15, 0.2) is 0 Å². The molecule has 0 rings (SSSR count). The van der Waals surface area contributed by atoms with E-state index in [9.17, 15) is 12.8 Å². The molecule has 0 spiro atoms. The SMILES string of the molecule is CCCCCCC(F)S(=O)(=O)O. The van der Waals surface area contributed by atoms with E-state index in [0.717, 1.165) is 19.3 Å². The maximum Gasteiger partial charge on any atom is 0.297 e. The van der Waals surface area contributed by atoms with E-state index in [2.05, 4.69) is 0 Å². The van der Waals surface area contributed by atoms with Crippen LogP contribution < -0.4 is 0 Å². The zero-order valence-electron chi connectivity index (χ0n) is 7.16.